The number of rotatable bonds is 12. The van der Waals surface area contributed by atoms with Crippen molar-refractivity contribution >= 4 is 29.5 Å². The van der Waals surface area contributed by atoms with Crippen LogP contribution in [0.15, 0.2) is 59.6 Å². The highest BCUT2D eigenvalue weighted by Gasteiger charge is 2.48. The number of esters is 1. The van der Waals surface area contributed by atoms with E-state index >= 15 is 0 Å². The van der Waals surface area contributed by atoms with Crippen LogP contribution in [0.25, 0.3) is 5.70 Å². The molecule has 1 aliphatic rings. The van der Waals surface area contributed by atoms with Crippen LogP contribution in [0.1, 0.15) is 57.7 Å². The molecule has 2 N–H and O–H groups in total. The average molecular weight is 500 g/mol. The van der Waals surface area contributed by atoms with E-state index in [1.54, 1.807) is 13.8 Å². The number of ether oxygens (including phenoxy) is 2. The van der Waals surface area contributed by atoms with Gasteiger partial charge in [0, 0.05) is 24.3 Å². The van der Waals surface area contributed by atoms with Crippen molar-refractivity contribution < 1.29 is 28.7 Å². The molecular weight excluding hydrogens is 464 g/mol. The number of allylic oxidation sites excluding steroid dienone is 1. The highest BCUT2D eigenvalue weighted by Crippen LogP contribution is 2.43. The molecule has 7 nitrogen and oxygen atoms in total. The maximum atomic E-state index is 12.6. The van der Waals surface area contributed by atoms with Gasteiger partial charge in [0.2, 0.25) is 5.69 Å². The largest absolute Gasteiger partial charge is 0.464 e. The summed E-state index contributed by atoms with van der Waals surface area (Å²) in [5.74, 6) is -0.330. The summed E-state index contributed by atoms with van der Waals surface area (Å²) in [5.41, 5.74) is 1.47. The minimum atomic E-state index is -1.19. The summed E-state index contributed by atoms with van der Waals surface area (Å²) < 4.78 is 12.5. The van der Waals surface area contributed by atoms with Crippen molar-refractivity contribution in [2.45, 2.75) is 64.7 Å². The van der Waals surface area contributed by atoms with Gasteiger partial charge in [0.1, 0.15) is 12.6 Å². The second-order valence-corrected chi connectivity index (χ2v) is 9.61. The minimum absolute atomic E-state index is 0.1000. The summed E-state index contributed by atoms with van der Waals surface area (Å²) in [4.78, 5) is 25.9. The van der Waals surface area contributed by atoms with E-state index in [2.05, 4.69) is 12.2 Å². The van der Waals surface area contributed by atoms with Gasteiger partial charge in [-0.1, -0.05) is 50.1 Å². The smallest absolute Gasteiger partial charge is 0.408 e. The van der Waals surface area contributed by atoms with E-state index in [0.29, 0.717) is 0 Å². The summed E-state index contributed by atoms with van der Waals surface area (Å²) in [6.45, 7) is 5.95. The third-order valence-electron chi connectivity index (χ3n) is 5.84. The molecule has 0 saturated carbocycles. The summed E-state index contributed by atoms with van der Waals surface area (Å²) in [7, 11) is 0. The fourth-order valence-corrected chi connectivity index (χ4v) is 5.37. The highest BCUT2D eigenvalue weighted by molar-refractivity contribution is 8.03. The van der Waals surface area contributed by atoms with Crippen molar-refractivity contribution in [3.63, 3.8) is 0 Å². The molecule has 0 spiro atoms. The Morgan fingerprint density at radius 1 is 1.09 bits per heavy atom. The van der Waals surface area contributed by atoms with Crippen molar-refractivity contribution in [1.82, 2.24) is 5.32 Å². The van der Waals surface area contributed by atoms with Crippen LogP contribution in [0.3, 0.4) is 0 Å². The topological polar surface area (TPSA) is 88.7 Å². The Bertz CT molecular complexity index is 1040. The molecular formula is C27H35N2O5S+. The number of alkyl carbamates (subject to hydrolysis) is 1. The number of amides is 1. The SMILES string of the molecule is CCCCCC1=C(SC[C@H](NC(=O)OCc2ccccc2)C(=O)OCC)C(C)(O)c2cccc[n+]21. The summed E-state index contributed by atoms with van der Waals surface area (Å²) in [6, 6.07) is 14.2. The zero-order valence-electron chi connectivity index (χ0n) is 20.7. The van der Waals surface area contributed by atoms with Crippen LogP contribution in [0, 0.1) is 0 Å². The molecule has 2 atom stereocenters. The predicted molar refractivity (Wildman–Crippen MR) is 136 cm³/mol. The van der Waals surface area contributed by atoms with E-state index < -0.39 is 23.7 Å². The van der Waals surface area contributed by atoms with Gasteiger partial charge in [0.05, 0.1) is 11.5 Å². The van der Waals surface area contributed by atoms with Crippen LogP contribution in [-0.4, -0.2) is 35.6 Å². The third kappa shape index (κ3) is 6.86. The Hall–Kier alpha value is -2.84. The molecule has 0 fully saturated rings. The number of aromatic nitrogens is 1. The number of nitrogens with one attached hydrogen (secondary N) is 1. The molecule has 2 aromatic rings. The number of fused-ring (bicyclic) bond motifs is 1. The van der Waals surface area contributed by atoms with Gasteiger partial charge in [-0.25, -0.2) is 9.59 Å². The van der Waals surface area contributed by atoms with Crippen LogP contribution in [0.4, 0.5) is 4.79 Å². The number of carbonyl (C=O) groups is 2. The maximum absolute atomic E-state index is 12.6. The lowest BCUT2D eigenvalue weighted by molar-refractivity contribution is -0.592. The first kappa shape index (κ1) is 26.8. The first-order chi connectivity index (χ1) is 16.9. The fraction of sp³-hybridized carbons (Fsp3) is 0.444. The van der Waals surface area contributed by atoms with Crippen LogP contribution < -0.4 is 9.88 Å². The monoisotopic (exact) mass is 499 g/mol. The Balaban J connectivity index is 1.74. The van der Waals surface area contributed by atoms with Crippen molar-refractivity contribution in [3.8, 4) is 0 Å². The number of thioether (sulfide) groups is 1. The Labute approximate surface area is 211 Å². The molecule has 35 heavy (non-hydrogen) atoms. The zero-order valence-corrected chi connectivity index (χ0v) is 21.5. The van der Waals surface area contributed by atoms with Gasteiger partial charge in [-0.05, 0) is 31.9 Å². The Kier molecular flexibility index (Phi) is 9.74. The Morgan fingerprint density at radius 3 is 2.54 bits per heavy atom. The summed E-state index contributed by atoms with van der Waals surface area (Å²) in [5, 5.41) is 14.1. The Morgan fingerprint density at radius 2 is 1.83 bits per heavy atom. The van der Waals surface area contributed by atoms with E-state index in [-0.39, 0.29) is 19.0 Å². The maximum Gasteiger partial charge on any atom is 0.408 e. The first-order valence-electron chi connectivity index (χ1n) is 12.1. The molecule has 2 heterocycles. The van der Waals surface area contributed by atoms with Gasteiger partial charge < -0.3 is 19.9 Å². The molecule has 1 unspecified atom stereocenters. The number of hydrogen-bond acceptors (Lipinski definition) is 6. The van der Waals surface area contributed by atoms with E-state index in [0.717, 1.165) is 47.5 Å². The standard InChI is InChI=1S/C27H34N2O5S/c1-4-6-8-15-22-24(27(3,32)23-16-11-12-17-29(22)23)35-19-21(25(30)33-5-2)28-26(31)34-18-20-13-9-7-10-14-20/h7,9-14,16-17,21,32H,4-6,8,15,18-19H2,1-3H3/p+1/t21-,27?/m0/s1. The molecule has 8 heteroatoms. The zero-order chi connectivity index (χ0) is 25.3. The lowest BCUT2D eigenvalue weighted by Crippen LogP contribution is -2.44. The van der Waals surface area contributed by atoms with Gasteiger partial charge in [0.15, 0.2) is 17.5 Å². The van der Waals surface area contributed by atoms with Crippen molar-refractivity contribution in [1.29, 1.82) is 0 Å². The third-order valence-corrected chi connectivity index (χ3v) is 7.26. The lowest BCUT2D eigenvalue weighted by atomic mass is 10.0. The molecule has 0 saturated heterocycles. The molecule has 1 aromatic carbocycles. The molecule has 1 aromatic heterocycles. The number of aliphatic hydroxyl groups is 1. The number of hydrogen-bond donors (Lipinski definition) is 2. The van der Waals surface area contributed by atoms with Crippen LogP contribution in [0.2, 0.25) is 0 Å². The van der Waals surface area contributed by atoms with Crippen LogP contribution in [0.5, 0.6) is 0 Å². The van der Waals surface area contributed by atoms with Gasteiger partial charge >= 0.3 is 12.1 Å². The number of carbonyl (C=O) groups excluding carboxylic acids is 2. The molecule has 1 amide bonds. The van der Waals surface area contributed by atoms with Gasteiger partial charge in [-0.2, -0.15) is 4.57 Å². The quantitative estimate of drug-likeness (QED) is 0.253. The van der Waals surface area contributed by atoms with E-state index in [9.17, 15) is 14.7 Å². The lowest BCUT2D eigenvalue weighted by Gasteiger charge is -2.20. The van der Waals surface area contributed by atoms with E-state index in [1.165, 1.54) is 11.8 Å². The van der Waals surface area contributed by atoms with Crippen LogP contribution >= 0.6 is 11.8 Å². The van der Waals surface area contributed by atoms with Gasteiger partial charge in [-0.15, -0.1) is 11.8 Å². The van der Waals surface area contributed by atoms with E-state index in [4.69, 9.17) is 9.47 Å². The predicted octanol–water partition coefficient (Wildman–Crippen LogP) is 4.54. The number of nitrogens with zero attached hydrogens (tertiary/aromatic N) is 1. The van der Waals surface area contributed by atoms with Crippen molar-refractivity contribution in [3.05, 3.63) is 70.9 Å². The second-order valence-electron chi connectivity index (χ2n) is 8.58. The van der Waals surface area contributed by atoms with Crippen molar-refractivity contribution in [2.24, 2.45) is 0 Å². The molecule has 0 aliphatic carbocycles. The molecule has 0 radical (unpaired) electrons. The first-order valence-corrected chi connectivity index (χ1v) is 13.1. The number of pyridine rings is 1. The normalized spacial score (nSPS) is 17.6. The minimum Gasteiger partial charge on any atom is -0.464 e. The second kappa shape index (κ2) is 12.7. The molecule has 0 bridgehead atoms. The van der Waals surface area contributed by atoms with Gasteiger partial charge in [0.25, 0.3) is 0 Å². The molecule has 3 rings (SSSR count). The molecule has 1 aliphatic heterocycles. The molecule has 188 valence electrons. The van der Waals surface area contributed by atoms with Gasteiger partial charge in [-0.3, -0.25) is 0 Å². The fourth-order valence-electron chi connectivity index (χ4n) is 4.07. The number of unbranched alkanes of at least 4 members (excludes halogenated alkanes) is 2. The average Bonchev–Trinajstić information content (AvgIpc) is 3.07. The summed E-state index contributed by atoms with van der Waals surface area (Å²) >= 11 is 1.37. The van der Waals surface area contributed by atoms with Crippen LogP contribution in [-0.2, 0) is 26.5 Å². The van der Waals surface area contributed by atoms with Crippen molar-refractivity contribution in [2.75, 3.05) is 12.4 Å². The highest BCUT2D eigenvalue weighted by atomic mass is 32.2. The van der Waals surface area contributed by atoms with E-state index in [1.807, 2.05) is 59.3 Å². The summed E-state index contributed by atoms with van der Waals surface area (Å²) in [6.07, 6.45) is 5.26. The number of benzene rings is 1.